The number of nitrogens with one attached hydrogen (secondary N) is 1. The number of aromatic nitrogens is 1. The maximum absolute atomic E-state index is 12.4. The number of carbonyl (C=O) groups is 2. The Bertz CT molecular complexity index is 949. The topological polar surface area (TPSA) is 92.4 Å². The number of carbonyl (C=O) groups excluding carboxylic acids is 1. The number of aliphatic carboxylic acids is 1. The van der Waals surface area contributed by atoms with Crippen LogP contribution in [0.25, 0.3) is 11.3 Å². The third-order valence-electron chi connectivity index (χ3n) is 4.64. The second kappa shape index (κ2) is 9.68. The van der Waals surface area contributed by atoms with Crippen molar-refractivity contribution in [2.75, 3.05) is 0 Å². The van der Waals surface area contributed by atoms with E-state index in [2.05, 4.69) is 10.3 Å². The zero-order valence-corrected chi connectivity index (χ0v) is 16.3. The first-order valence-corrected chi connectivity index (χ1v) is 9.59. The number of nitrogens with zero attached hydrogens (tertiary/aromatic N) is 1. The van der Waals surface area contributed by atoms with Crippen LogP contribution in [0.1, 0.15) is 42.3 Å². The molecule has 1 unspecified atom stereocenters. The van der Waals surface area contributed by atoms with Crippen molar-refractivity contribution in [3.8, 4) is 11.3 Å². The smallest absolute Gasteiger partial charge is 0.303 e. The van der Waals surface area contributed by atoms with Crippen molar-refractivity contribution in [2.45, 2.75) is 38.6 Å². The van der Waals surface area contributed by atoms with E-state index in [9.17, 15) is 9.59 Å². The summed E-state index contributed by atoms with van der Waals surface area (Å²) in [4.78, 5) is 27.6. The van der Waals surface area contributed by atoms with Gasteiger partial charge in [-0.2, -0.15) is 0 Å². The molecule has 0 fully saturated rings. The fourth-order valence-corrected chi connectivity index (χ4v) is 3.04. The van der Waals surface area contributed by atoms with Crippen LogP contribution in [0.15, 0.2) is 65.2 Å². The van der Waals surface area contributed by atoms with Gasteiger partial charge in [0, 0.05) is 24.8 Å². The molecule has 2 N–H and O–H groups in total. The molecule has 6 heteroatoms. The molecular formula is C23H24N2O4. The van der Waals surface area contributed by atoms with Crippen molar-refractivity contribution in [2.24, 2.45) is 0 Å². The number of rotatable bonds is 9. The Morgan fingerprint density at radius 2 is 1.79 bits per heavy atom. The quantitative estimate of drug-likeness (QED) is 0.566. The minimum absolute atomic E-state index is 0.0144. The number of aryl methyl sites for hydroxylation is 2. The van der Waals surface area contributed by atoms with E-state index >= 15 is 0 Å². The molecule has 29 heavy (non-hydrogen) atoms. The molecule has 1 atom stereocenters. The Labute approximate surface area is 169 Å². The number of oxazole rings is 1. The lowest BCUT2D eigenvalue weighted by Crippen LogP contribution is -2.29. The average Bonchev–Trinajstić information content (AvgIpc) is 3.19. The molecule has 150 valence electrons. The van der Waals surface area contributed by atoms with Crippen LogP contribution in [0.4, 0.5) is 0 Å². The molecule has 0 saturated heterocycles. The summed E-state index contributed by atoms with van der Waals surface area (Å²) in [5.74, 6) is 0.115. The van der Waals surface area contributed by atoms with Crippen molar-refractivity contribution in [3.63, 3.8) is 0 Å². The van der Waals surface area contributed by atoms with Gasteiger partial charge in [0.25, 0.3) is 0 Å². The number of hydrogen-bond donors (Lipinski definition) is 2. The summed E-state index contributed by atoms with van der Waals surface area (Å²) in [7, 11) is 0. The highest BCUT2D eigenvalue weighted by molar-refractivity contribution is 5.76. The zero-order chi connectivity index (χ0) is 20.6. The monoisotopic (exact) mass is 392 g/mol. The Morgan fingerprint density at radius 1 is 1.07 bits per heavy atom. The van der Waals surface area contributed by atoms with Gasteiger partial charge in [0.2, 0.25) is 5.91 Å². The van der Waals surface area contributed by atoms with Gasteiger partial charge < -0.3 is 14.8 Å². The normalized spacial score (nSPS) is 11.8. The second-order valence-electron chi connectivity index (χ2n) is 6.95. The fourth-order valence-electron chi connectivity index (χ4n) is 3.04. The highest BCUT2D eigenvalue weighted by Crippen LogP contribution is 2.22. The minimum atomic E-state index is -0.886. The molecule has 0 radical (unpaired) electrons. The molecule has 0 saturated carbocycles. The molecule has 6 nitrogen and oxygen atoms in total. The molecule has 0 spiro atoms. The molecular weight excluding hydrogens is 368 g/mol. The van der Waals surface area contributed by atoms with E-state index in [1.54, 1.807) is 6.20 Å². The van der Waals surface area contributed by atoms with Gasteiger partial charge in [-0.1, -0.05) is 60.2 Å². The van der Waals surface area contributed by atoms with E-state index in [0.29, 0.717) is 24.5 Å². The van der Waals surface area contributed by atoms with Crippen LogP contribution in [0.5, 0.6) is 0 Å². The second-order valence-corrected chi connectivity index (χ2v) is 6.95. The van der Waals surface area contributed by atoms with E-state index in [1.807, 2.05) is 61.5 Å². The summed E-state index contributed by atoms with van der Waals surface area (Å²) < 4.78 is 5.76. The van der Waals surface area contributed by atoms with Gasteiger partial charge in [0.05, 0.1) is 12.2 Å². The van der Waals surface area contributed by atoms with Gasteiger partial charge in [0.1, 0.15) is 0 Å². The summed E-state index contributed by atoms with van der Waals surface area (Å²) in [6.07, 6.45) is 2.57. The largest absolute Gasteiger partial charge is 0.481 e. The van der Waals surface area contributed by atoms with Gasteiger partial charge in [-0.15, -0.1) is 0 Å². The molecule has 1 aromatic heterocycles. The van der Waals surface area contributed by atoms with Crippen LogP contribution in [0.3, 0.4) is 0 Å². The number of benzene rings is 2. The Hall–Kier alpha value is -3.41. The van der Waals surface area contributed by atoms with Crippen LogP contribution >= 0.6 is 0 Å². The molecule has 3 rings (SSSR count). The molecule has 1 amide bonds. The van der Waals surface area contributed by atoms with E-state index in [4.69, 9.17) is 9.52 Å². The molecule has 0 aliphatic carbocycles. The van der Waals surface area contributed by atoms with Crippen LogP contribution in [0, 0.1) is 6.92 Å². The average molecular weight is 392 g/mol. The Morgan fingerprint density at radius 3 is 2.48 bits per heavy atom. The van der Waals surface area contributed by atoms with Crippen molar-refractivity contribution in [1.82, 2.24) is 10.3 Å². The van der Waals surface area contributed by atoms with Crippen LogP contribution < -0.4 is 5.32 Å². The highest BCUT2D eigenvalue weighted by Gasteiger charge is 2.17. The maximum Gasteiger partial charge on any atom is 0.303 e. The fraction of sp³-hybridized carbons (Fsp3) is 0.261. The van der Waals surface area contributed by atoms with Crippen molar-refractivity contribution in [3.05, 3.63) is 77.8 Å². The third kappa shape index (κ3) is 6.04. The van der Waals surface area contributed by atoms with Crippen LogP contribution in [0.2, 0.25) is 0 Å². The first-order chi connectivity index (χ1) is 14.0. The molecule has 2 aromatic carbocycles. The highest BCUT2D eigenvalue weighted by atomic mass is 16.4. The third-order valence-corrected chi connectivity index (χ3v) is 4.64. The van der Waals surface area contributed by atoms with Gasteiger partial charge in [-0.3, -0.25) is 9.59 Å². The predicted octanol–water partition coefficient (Wildman–Crippen LogP) is 4.30. The van der Waals surface area contributed by atoms with Gasteiger partial charge in [-0.05, 0) is 18.9 Å². The molecule has 1 heterocycles. The molecule has 0 aliphatic heterocycles. The van der Waals surface area contributed by atoms with Crippen LogP contribution in [-0.4, -0.2) is 22.0 Å². The number of carboxylic acid groups (broad SMARTS) is 1. The number of amides is 1. The predicted molar refractivity (Wildman–Crippen MR) is 109 cm³/mol. The Balaban J connectivity index is 1.57. The van der Waals surface area contributed by atoms with Crippen LogP contribution in [-0.2, 0) is 16.0 Å². The lowest BCUT2D eigenvalue weighted by molar-refractivity contribution is -0.137. The van der Waals surface area contributed by atoms with E-state index in [-0.39, 0.29) is 24.8 Å². The lowest BCUT2D eigenvalue weighted by Gasteiger charge is -2.18. The lowest BCUT2D eigenvalue weighted by atomic mass is 10.0. The SMILES string of the molecule is Cc1ccc(-c2cnc(CCC(=O)NC(CCC(=O)O)c3ccccc3)o2)cc1. The summed E-state index contributed by atoms with van der Waals surface area (Å²) in [6, 6.07) is 17.0. The summed E-state index contributed by atoms with van der Waals surface area (Å²) >= 11 is 0. The number of carboxylic acids is 1. The van der Waals surface area contributed by atoms with E-state index in [1.165, 1.54) is 5.56 Å². The minimum Gasteiger partial charge on any atom is -0.481 e. The maximum atomic E-state index is 12.4. The van der Waals surface area contributed by atoms with Gasteiger partial charge >= 0.3 is 5.97 Å². The summed E-state index contributed by atoms with van der Waals surface area (Å²) in [5, 5.41) is 11.9. The van der Waals surface area contributed by atoms with Crippen molar-refractivity contribution < 1.29 is 19.1 Å². The van der Waals surface area contributed by atoms with Crippen molar-refractivity contribution >= 4 is 11.9 Å². The molecule has 0 aliphatic rings. The van der Waals surface area contributed by atoms with E-state index < -0.39 is 5.97 Å². The first-order valence-electron chi connectivity index (χ1n) is 9.59. The summed E-state index contributed by atoms with van der Waals surface area (Å²) in [6.45, 7) is 2.02. The van der Waals surface area contributed by atoms with Gasteiger partial charge in [-0.25, -0.2) is 4.98 Å². The molecule has 0 bridgehead atoms. The van der Waals surface area contributed by atoms with Gasteiger partial charge in [0.15, 0.2) is 11.7 Å². The Kier molecular flexibility index (Phi) is 6.79. The standard InChI is InChI=1S/C23H24N2O4/c1-16-7-9-18(10-8-16)20-15-24-22(29-20)13-12-21(26)25-19(11-14-23(27)28)17-5-3-2-4-6-17/h2-10,15,19H,11-14H2,1H3,(H,25,26)(H,27,28). The molecule has 3 aromatic rings. The van der Waals surface area contributed by atoms with E-state index in [0.717, 1.165) is 11.1 Å². The summed E-state index contributed by atoms with van der Waals surface area (Å²) in [5.41, 5.74) is 3.00. The number of hydrogen-bond acceptors (Lipinski definition) is 4. The zero-order valence-electron chi connectivity index (χ0n) is 16.3. The first kappa shape index (κ1) is 20.3. The van der Waals surface area contributed by atoms with Crippen molar-refractivity contribution in [1.29, 1.82) is 0 Å².